The van der Waals surface area contributed by atoms with Gasteiger partial charge in [0.05, 0.1) is 24.1 Å². The summed E-state index contributed by atoms with van der Waals surface area (Å²) in [5, 5.41) is 28.4. The van der Waals surface area contributed by atoms with Gasteiger partial charge in [0.2, 0.25) is 17.2 Å². The van der Waals surface area contributed by atoms with Gasteiger partial charge in [-0.3, -0.25) is 30.7 Å². The van der Waals surface area contributed by atoms with E-state index in [4.69, 9.17) is 34.2 Å². The molecule has 99 heavy (non-hydrogen) atoms. The van der Waals surface area contributed by atoms with Crippen molar-refractivity contribution in [3.05, 3.63) is 309 Å². The highest BCUT2D eigenvalue weighted by molar-refractivity contribution is 9.11. The Morgan fingerprint density at radius 3 is 1.14 bits per heavy atom. The average Bonchev–Trinajstić information content (AvgIpc) is 1.68. The lowest BCUT2D eigenvalue weighted by atomic mass is 10.1. The van der Waals surface area contributed by atoms with Crippen LogP contribution in [0.3, 0.4) is 0 Å². The number of carbonyl (C=O) groups is 1. The number of fused-ring (bicyclic) bond motifs is 2. The monoisotopic (exact) mass is 1600 g/mol. The van der Waals surface area contributed by atoms with E-state index in [1.165, 1.54) is 0 Å². The maximum Gasteiger partial charge on any atom is 0.255 e. The lowest BCUT2D eigenvalue weighted by Gasteiger charge is -2.03. The summed E-state index contributed by atoms with van der Waals surface area (Å²) in [7, 11) is 0. The van der Waals surface area contributed by atoms with Crippen LogP contribution in [0.4, 0.5) is 23.3 Å². The number of anilines is 4. The summed E-state index contributed by atoms with van der Waals surface area (Å²) < 4.78 is 7.20. The van der Waals surface area contributed by atoms with Crippen LogP contribution in [0.2, 0.25) is 5.28 Å². The van der Waals surface area contributed by atoms with Gasteiger partial charge in [-0.15, -0.1) is 20.4 Å². The second kappa shape index (κ2) is 47.4. The van der Waals surface area contributed by atoms with Crippen molar-refractivity contribution in [3.8, 4) is 33.9 Å². The molecule has 0 saturated heterocycles. The quantitative estimate of drug-likeness (QED) is 0.0207. The molecule has 14 rings (SSSR count). The summed E-state index contributed by atoms with van der Waals surface area (Å²) in [4.78, 5) is 41.6. The first-order valence-electron chi connectivity index (χ1n) is 28.7. The summed E-state index contributed by atoms with van der Waals surface area (Å²) >= 11 is 18.4. The highest BCUT2D eigenvalue weighted by atomic mass is 79.9. The van der Waals surface area contributed by atoms with Crippen LogP contribution in [0.25, 0.3) is 45.5 Å². The van der Waals surface area contributed by atoms with Gasteiger partial charge in [-0.05, 0) is 118 Å². The first-order chi connectivity index (χ1) is 47.4. The summed E-state index contributed by atoms with van der Waals surface area (Å²) in [5.41, 5.74) is 18.0. The van der Waals surface area contributed by atoms with Crippen molar-refractivity contribution in [2.45, 2.75) is 21.8 Å². The van der Waals surface area contributed by atoms with Crippen LogP contribution >= 0.6 is 75.3 Å². The zero-order chi connectivity index (χ0) is 69.1. The minimum absolute atomic E-state index is 0. The number of benzene rings is 7. The third-order valence-electron chi connectivity index (χ3n) is 11.6. The van der Waals surface area contributed by atoms with Crippen LogP contribution in [0.5, 0.6) is 0 Å². The van der Waals surface area contributed by atoms with E-state index in [9.17, 15) is 4.79 Å². The van der Waals surface area contributed by atoms with Gasteiger partial charge in [-0.25, -0.2) is 51.1 Å². The number of para-hydroxylation sites is 2. The largest absolute Gasteiger partial charge is 0.397 e. The Balaban J connectivity index is 0.000000245. The molecular formula is C70H71Br4ClN22O2. The number of nitrogen functional groups attached to an aromatic ring is 3. The Kier molecular flexibility index (Phi) is 38.7. The molecule has 0 fully saturated rings. The van der Waals surface area contributed by atoms with E-state index >= 15 is 0 Å². The number of nitrogens with zero attached hydrogens (tertiary/aromatic N) is 15. The second-order valence-electron chi connectivity index (χ2n) is 18.5. The van der Waals surface area contributed by atoms with Crippen molar-refractivity contribution in [1.29, 1.82) is 0 Å². The molecule has 7 aromatic carbocycles. The van der Waals surface area contributed by atoms with E-state index in [1.807, 2.05) is 215 Å². The van der Waals surface area contributed by atoms with Gasteiger partial charge in [0.15, 0.2) is 11.6 Å². The van der Waals surface area contributed by atoms with Crippen LogP contribution in [0.1, 0.15) is 37.7 Å². The molecule has 0 spiro atoms. The van der Waals surface area contributed by atoms with Crippen molar-refractivity contribution in [3.63, 3.8) is 0 Å². The molecule has 0 saturated carbocycles. The molecule has 0 amide bonds. The lowest BCUT2D eigenvalue weighted by molar-refractivity contribution is 0.112. The number of halogens is 5. The third kappa shape index (κ3) is 30.2. The summed E-state index contributed by atoms with van der Waals surface area (Å²) in [6, 6.07) is 68.2. The van der Waals surface area contributed by atoms with E-state index in [2.05, 4.69) is 163 Å². The van der Waals surface area contributed by atoms with Crippen molar-refractivity contribution >= 4 is 123 Å². The molecule has 0 radical (unpaired) electrons. The fourth-order valence-corrected chi connectivity index (χ4v) is 8.28. The Bertz CT molecular complexity index is 4380. The molecule has 0 aliphatic carbocycles. The topological polar surface area (TPSA) is 339 Å². The summed E-state index contributed by atoms with van der Waals surface area (Å²) in [6.45, 7) is 1.93. The molecule has 0 bridgehead atoms. The number of rotatable bonds is 10. The highest BCUT2D eigenvalue weighted by Gasteiger charge is 2.11. The fraction of sp³-hybridized carbons (Fsp3) is 0.0571. The van der Waals surface area contributed by atoms with Gasteiger partial charge < -0.3 is 16.0 Å². The number of aliphatic hydroxyl groups excluding tert-OH is 1. The van der Waals surface area contributed by atoms with E-state index in [1.54, 1.807) is 68.6 Å². The zero-order valence-electron chi connectivity index (χ0n) is 51.5. The fourth-order valence-electron chi connectivity index (χ4n) is 7.26. The average molecular weight is 1610 g/mol. The van der Waals surface area contributed by atoms with Crippen LogP contribution in [0.15, 0.2) is 297 Å². The molecule has 0 aliphatic heterocycles. The maximum absolute atomic E-state index is 10.0. The van der Waals surface area contributed by atoms with E-state index in [0.717, 1.165) is 80.6 Å². The minimum atomic E-state index is 0. The Labute approximate surface area is 612 Å². The summed E-state index contributed by atoms with van der Waals surface area (Å²) in [5.74, 6) is 18.9. The minimum Gasteiger partial charge on any atom is -0.397 e. The number of nitrogens with one attached hydrogen (secondary N) is 4. The van der Waals surface area contributed by atoms with Gasteiger partial charge >= 0.3 is 0 Å². The number of hydrazine groups is 3. The Morgan fingerprint density at radius 2 is 0.768 bits per heavy atom. The van der Waals surface area contributed by atoms with Crippen molar-refractivity contribution < 1.29 is 9.90 Å². The van der Waals surface area contributed by atoms with Crippen molar-refractivity contribution in [2.24, 2.45) is 22.6 Å². The molecular weight excluding hydrogens is 1540 g/mol. The molecule has 508 valence electrons. The van der Waals surface area contributed by atoms with Crippen LogP contribution in [-0.2, 0) is 0 Å². The Morgan fingerprint density at radius 1 is 0.424 bits per heavy atom. The number of nitrogens with two attached hydrogens (primary N) is 3. The number of aldehydes is 1. The normalized spacial score (nSPS) is 9.60. The Hall–Kier alpha value is -10.5. The molecule has 0 atom stereocenters. The molecule has 11 N–H and O–H groups in total. The van der Waals surface area contributed by atoms with Crippen molar-refractivity contribution in [2.75, 3.05) is 28.3 Å². The number of carbonyl (C=O) groups excluding carboxylic acids is 1. The van der Waals surface area contributed by atoms with Gasteiger partial charge in [-0.1, -0.05) is 203 Å². The number of hydrazone groups is 1. The van der Waals surface area contributed by atoms with Gasteiger partial charge in [0, 0.05) is 102 Å². The van der Waals surface area contributed by atoms with E-state index in [0.29, 0.717) is 23.5 Å². The second-order valence-corrected chi connectivity index (χ2v) is 22.5. The first-order valence-corrected chi connectivity index (χ1v) is 32.3. The van der Waals surface area contributed by atoms with Crippen molar-refractivity contribution in [1.82, 2.24) is 69.1 Å². The zero-order valence-corrected chi connectivity index (χ0v) is 58.6. The standard InChI is InChI=1S/C17H12N4.C11H7BrN4.C11H9BrN4.C7H6O.2C6H8N2.C4H2BrClN2.C4H5BrN4.C2H6O.2CH4/c1-3-7-13(8-4-1)15-11-18-17-20-19-16(21(17)12-15)14-9-5-2-6-10-14;12-9-6-13-11-15-14-10(16(11)7-9)8-4-2-1-3-5-8;12-10-7-13-11(14-8-10)16-15-6-9-4-2-1-3-5-9;8-6-7-4-2-1-3-5-7;2*7-8-6-4-2-1-3-5-6;5-3-1-7-4(6)8-2-3;5-3-1-7-4(9-6)8-2-3;1-2-3;;/h1-12H;1-7H;1-8H,(H,13,14,16);1-6H;2*1-5,8H,7H2;1-2H;1-2H,6H2,(H,7,8,9);3H,2H2,1H3;2*1H4/b;;15-6+;;;;;;;;. The maximum atomic E-state index is 10.0. The molecule has 24 nitrogen and oxygen atoms in total. The lowest BCUT2D eigenvalue weighted by Crippen LogP contribution is -2.09. The number of aliphatic hydroxyl groups is 1. The number of hydrogen-bond donors (Lipinski definition) is 8. The van der Waals surface area contributed by atoms with Crippen LogP contribution in [-0.4, -0.2) is 93.3 Å². The van der Waals surface area contributed by atoms with Gasteiger partial charge in [0.25, 0.3) is 11.6 Å². The predicted molar refractivity (Wildman–Crippen MR) is 412 cm³/mol. The molecule has 7 heterocycles. The molecule has 7 aromatic heterocycles. The third-order valence-corrected chi connectivity index (χ3v) is 13.5. The van der Waals surface area contributed by atoms with E-state index in [-0.39, 0.29) is 26.7 Å². The van der Waals surface area contributed by atoms with Crippen LogP contribution in [0, 0.1) is 0 Å². The first kappa shape index (κ1) is 80.9. The van der Waals surface area contributed by atoms with Crippen LogP contribution < -0.4 is 39.2 Å². The molecule has 29 heteroatoms. The molecule has 0 aliphatic rings. The smallest absolute Gasteiger partial charge is 0.255 e. The molecule has 0 unspecified atom stereocenters. The number of aromatic nitrogens is 14. The van der Waals surface area contributed by atoms with E-state index < -0.39 is 0 Å². The van der Waals surface area contributed by atoms with Gasteiger partial charge in [0.1, 0.15) is 6.29 Å². The van der Waals surface area contributed by atoms with Gasteiger partial charge in [-0.2, -0.15) is 5.10 Å². The SMILES string of the molecule is Brc1cnc(N/N=C/c2ccccc2)nc1.Brc1cnc2nnc(-c3ccccc3)n2c1.C.C.CCO.Clc1ncc(Br)cn1.NNc1ccccc1.NNc1ccccc1.NNc1ncc(Br)cn1.O=Cc1ccccc1.c1ccc(-c2cnc3nnc(-c4ccccc4)n3c2)cc1. The number of hydrogen-bond acceptors (Lipinski definition) is 22. The highest BCUT2D eigenvalue weighted by Crippen LogP contribution is 2.23. The summed E-state index contributed by atoms with van der Waals surface area (Å²) in [6.07, 6.45) is 19.7. The molecule has 14 aromatic rings. The predicted octanol–water partition coefficient (Wildman–Crippen LogP) is 15.8.